The number of Topliss-reactive ketones (excluding diaryl/α,β-unsaturated/α-hetero) is 1. The van der Waals surface area contributed by atoms with E-state index >= 15 is 0 Å². The molecule has 0 aliphatic heterocycles. The summed E-state index contributed by atoms with van der Waals surface area (Å²) in [7, 11) is 0. The maximum atomic E-state index is 13.1. The van der Waals surface area contributed by atoms with Gasteiger partial charge in [0.2, 0.25) is 5.76 Å². The van der Waals surface area contributed by atoms with Crippen molar-refractivity contribution in [1.82, 2.24) is 5.16 Å². The smallest absolute Gasteiger partial charge is 0.334 e. The third-order valence-electron chi connectivity index (χ3n) is 4.46. The van der Waals surface area contributed by atoms with Crippen LogP contribution in [0.2, 0.25) is 5.02 Å². The van der Waals surface area contributed by atoms with Crippen LogP contribution in [0.3, 0.4) is 0 Å². The van der Waals surface area contributed by atoms with Crippen LogP contribution >= 0.6 is 11.6 Å². The predicted octanol–water partition coefficient (Wildman–Crippen LogP) is 5.28. The van der Waals surface area contributed by atoms with Crippen molar-refractivity contribution in [3.05, 3.63) is 92.1 Å². The van der Waals surface area contributed by atoms with Crippen molar-refractivity contribution in [1.29, 1.82) is 0 Å². The van der Waals surface area contributed by atoms with Crippen LogP contribution in [0.4, 0.5) is 10.1 Å². The molecular formula is C20H16ClFN2O4. The minimum atomic E-state index is -0.549. The van der Waals surface area contributed by atoms with Crippen LogP contribution in [0, 0.1) is 22.9 Å². The van der Waals surface area contributed by atoms with Gasteiger partial charge in [-0.3, -0.25) is 14.9 Å². The van der Waals surface area contributed by atoms with E-state index in [1.165, 1.54) is 31.2 Å². The summed E-state index contributed by atoms with van der Waals surface area (Å²) in [6, 6.07) is 12.2. The molecule has 1 atom stereocenters. The Hall–Kier alpha value is -3.06. The normalized spacial score (nSPS) is 12.0. The number of nitrogens with zero attached hydrogens (tertiary/aromatic N) is 2. The molecular weight excluding hydrogens is 387 g/mol. The number of aryl methyl sites for hydroxylation is 1. The van der Waals surface area contributed by atoms with E-state index in [2.05, 4.69) is 5.16 Å². The molecule has 8 heteroatoms. The number of carbonyl (C=O) groups is 1. The Bertz CT molecular complexity index is 1020. The fraction of sp³-hybridized carbons (Fsp3) is 0.200. The maximum absolute atomic E-state index is 13.1. The van der Waals surface area contributed by atoms with Gasteiger partial charge in [0.25, 0.3) is 0 Å². The molecule has 1 aromatic heterocycles. The molecule has 0 spiro atoms. The van der Waals surface area contributed by atoms with Crippen molar-refractivity contribution in [3.8, 4) is 0 Å². The van der Waals surface area contributed by atoms with Crippen molar-refractivity contribution in [2.24, 2.45) is 0 Å². The van der Waals surface area contributed by atoms with E-state index in [1.54, 1.807) is 24.3 Å². The van der Waals surface area contributed by atoms with Crippen molar-refractivity contribution < 1.29 is 18.6 Å². The van der Waals surface area contributed by atoms with Gasteiger partial charge in [-0.25, -0.2) is 4.39 Å². The monoisotopic (exact) mass is 402 g/mol. The number of halogens is 2. The first kappa shape index (κ1) is 19.7. The van der Waals surface area contributed by atoms with E-state index < -0.39 is 16.7 Å². The van der Waals surface area contributed by atoms with E-state index in [1.807, 2.05) is 0 Å². The van der Waals surface area contributed by atoms with Crippen LogP contribution in [0.5, 0.6) is 0 Å². The van der Waals surface area contributed by atoms with Gasteiger partial charge in [-0.05, 0) is 48.7 Å². The lowest BCUT2D eigenvalue weighted by atomic mass is 9.87. The van der Waals surface area contributed by atoms with Crippen LogP contribution in [0.15, 0.2) is 53.1 Å². The number of nitro groups is 1. The third kappa shape index (κ3) is 4.26. The molecule has 0 saturated carbocycles. The SMILES string of the molecule is Cc1noc(CC(CC(=O)c2ccc(F)cc2)c2ccccc2Cl)c1[N+](=O)[O-]. The first-order chi connectivity index (χ1) is 13.4. The molecule has 0 aliphatic rings. The molecule has 0 fully saturated rings. The largest absolute Gasteiger partial charge is 0.354 e. The van der Waals surface area contributed by atoms with Crippen LogP contribution < -0.4 is 0 Å². The first-order valence-electron chi connectivity index (χ1n) is 8.49. The molecule has 0 N–H and O–H groups in total. The van der Waals surface area contributed by atoms with Gasteiger partial charge in [0.05, 0.1) is 4.92 Å². The number of benzene rings is 2. The topological polar surface area (TPSA) is 86.2 Å². The van der Waals surface area contributed by atoms with Crippen molar-refractivity contribution >= 4 is 23.1 Å². The summed E-state index contributed by atoms with van der Waals surface area (Å²) in [4.78, 5) is 23.5. The highest BCUT2D eigenvalue weighted by Crippen LogP contribution is 2.34. The Kier molecular flexibility index (Phi) is 5.84. The van der Waals surface area contributed by atoms with Gasteiger partial charge in [0, 0.05) is 23.4 Å². The zero-order chi connectivity index (χ0) is 20.3. The zero-order valence-corrected chi connectivity index (χ0v) is 15.6. The summed E-state index contributed by atoms with van der Waals surface area (Å²) in [6.45, 7) is 1.49. The second-order valence-corrected chi connectivity index (χ2v) is 6.76. The van der Waals surface area contributed by atoms with E-state index in [4.69, 9.17) is 16.1 Å². The Labute approximate surface area is 165 Å². The molecule has 144 valence electrons. The zero-order valence-electron chi connectivity index (χ0n) is 14.9. The highest BCUT2D eigenvalue weighted by Gasteiger charge is 2.29. The predicted molar refractivity (Wildman–Crippen MR) is 101 cm³/mol. The van der Waals surface area contributed by atoms with Crippen LogP contribution in [0.1, 0.15) is 39.7 Å². The molecule has 3 rings (SSSR count). The molecule has 0 bridgehead atoms. The fourth-order valence-electron chi connectivity index (χ4n) is 3.08. The molecule has 2 aromatic carbocycles. The van der Waals surface area contributed by atoms with Gasteiger partial charge < -0.3 is 4.52 Å². The lowest BCUT2D eigenvalue weighted by molar-refractivity contribution is -0.386. The molecule has 0 radical (unpaired) electrons. The van der Waals surface area contributed by atoms with Crippen LogP contribution in [-0.4, -0.2) is 15.9 Å². The number of hydrogen-bond acceptors (Lipinski definition) is 5. The number of rotatable bonds is 7. The highest BCUT2D eigenvalue weighted by molar-refractivity contribution is 6.31. The molecule has 1 unspecified atom stereocenters. The number of hydrogen-bond donors (Lipinski definition) is 0. The second kappa shape index (κ2) is 8.31. The minimum Gasteiger partial charge on any atom is -0.354 e. The van der Waals surface area contributed by atoms with Crippen LogP contribution in [0.25, 0.3) is 0 Å². The number of carbonyl (C=O) groups excluding carboxylic acids is 1. The average Bonchev–Trinajstić information content (AvgIpc) is 3.02. The maximum Gasteiger partial charge on any atom is 0.334 e. The summed E-state index contributed by atoms with van der Waals surface area (Å²) in [5.41, 5.74) is 0.985. The molecule has 0 aliphatic carbocycles. The van der Waals surface area contributed by atoms with E-state index in [0.29, 0.717) is 16.1 Å². The molecule has 28 heavy (non-hydrogen) atoms. The quantitative estimate of drug-likeness (QED) is 0.304. The van der Waals surface area contributed by atoms with E-state index in [-0.39, 0.29) is 35.8 Å². The summed E-state index contributed by atoms with van der Waals surface area (Å²) in [6.07, 6.45) is 0.0973. The molecule has 3 aromatic rings. The van der Waals surface area contributed by atoms with Gasteiger partial charge in [0.15, 0.2) is 11.5 Å². The number of ketones is 1. The highest BCUT2D eigenvalue weighted by atomic mass is 35.5. The van der Waals surface area contributed by atoms with E-state index in [0.717, 1.165) is 0 Å². The molecule has 0 amide bonds. The standard InChI is InChI=1S/C20H16ClFN2O4/c1-12-20(24(26)27)19(28-23-12)11-14(16-4-2-3-5-17(16)21)10-18(25)13-6-8-15(22)9-7-13/h2-9,14H,10-11H2,1H3. The summed E-state index contributed by atoms with van der Waals surface area (Å²) in [5.74, 6) is -1.06. The van der Waals surface area contributed by atoms with Gasteiger partial charge in [-0.1, -0.05) is 35.0 Å². The molecule has 1 heterocycles. The minimum absolute atomic E-state index is 0.0201. The Morgan fingerprint density at radius 3 is 2.57 bits per heavy atom. The van der Waals surface area contributed by atoms with Gasteiger partial charge in [-0.2, -0.15) is 0 Å². The number of aromatic nitrogens is 1. The fourth-order valence-corrected chi connectivity index (χ4v) is 3.37. The van der Waals surface area contributed by atoms with Crippen LogP contribution in [-0.2, 0) is 6.42 Å². The Balaban J connectivity index is 1.94. The average molecular weight is 403 g/mol. The van der Waals surface area contributed by atoms with Crippen molar-refractivity contribution in [3.63, 3.8) is 0 Å². The van der Waals surface area contributed by atoms with Gasteiger partial charge in [-0.15, -0.1) is 0 Å². The molecule has 6 nitrogen and oxygen atoms in total. The lowest BCUT2D eigenvalue weighted by Gasteiger charge is -2.17. The second-order valence-electron chi connectivity index (χ2n) is 6.35. The Morgan fingerprint density at radius 2 is 1.93 bits per heavy atom. The van der Waals surface area contributed by atoms with E-state index in [9.17, 15) is 19.3 Å². The third-order valence-corrected chi connectivity index (χ3v) is 4.80. The summed E-state index contributed by atoms with van der Waals surface area (Å²) in [5, 5.41) is 15.5. The summed E-state index contributed by atoms with van der Waals surface area (Å²) >= 11 is 6.30. The Morgan fingerprint density at radius 1 is 1.25 bits per heavy atom. The van der Waals surface area contributed by atoms with Gasteiger partial charge in [0.1, 0.15) is 5.82 Å². The first-order valence-corrected chi connectivity index (χ1v) is 8.87. The molecule has 0 saturated heterocycles. The van der Waals surface area contributed by atoms with Gasteiger partial charge >= 0.3 is 5.69 Å². The van der Waals surface area contributed by atoms with Crippen molar-refractivity contribution in [2.75, 3.05) is 0 Å². The van der Waals surface area contributed by atoms with Crippen molar-refractivity contribution in [2.45, 2.75) is 25.7 Å². The lowest BCUT2D eigenvalue weighted by Crippen LogP contribution is -2.11. The summed E-state index contributed by atoms with van der Waals surface area (Å²) < 4.78 is 18.3.